The molecule has 2 aliphatic heterocycles. The Labute approximate surface area is 198 Å². The normalized spacial score (nSPS) is 18.7. The van der Waals surface area contributed by atoms with E-state index in [1.807, 2.05) is 36.4 Å². The van der Waals surface area contributed by atoms with Crippen LogP contribution >= 0.6 is 0 Å². The van der Waals surface area contributed by atoms with Crippen LogP contribution in [0.1, 0.15) is 35.6 Å². The third-order valence-electron chi connectivity index (χ3n) is 7.51. The molecular weight excluding hydrogens is 446 g/mol. The molecule has 0 saturated heterocycles. The first-order chi connectivity index (χ1) is 17.0. The molecule has 0 aliphatic carbocycles. The van der Waals surface area contributed by atoms with Gasteiger partial charge in [0.2, 0.25) is 0 Å². The van der Waals surface area contributed by atoms with Gasteiger partial charge in [-0.05, 0) is 36.2 Å². The van der Waals surface area contributed by atoms with E-state index in [2.05, 4.69) is 0 Å². The van der Waals surface area contributed by atoms with E-state index in [0.29, 0.717) is 34.6 Å². The van der Waals surface area contributed by atoms with Crippen LogP contribution in [0.15, 0.2) is 51.7 Å². The molecule has 35 heavy (non-hydrogen) atoms. The molecule has 7 rings (SSSR count). The second-order valence-electron chi connectivity index (χ2n) is 9.16. The van der Waals surface area contributed by atoms with Crippen molar-refractivity contribution in [2.75, 3.05) is 0 Å². The lowest BCUT2D eigenvalue weighted by molar-refractivity contribution is -0.172. The topological polar surface area (TPSA) is 121 Å². The summed E-state index contributed by atoms with van der Waals surface area (Å²) >= 11 is 0. The second kappa shape index (κ2) is 6.78. The Morgan fingerprint density at radius 2 is 1.97 bits per heavy atom. The lowest BCUT2D eigenvalue weighted by atomic mass is 9.86. The predicted octanol–water partition coefficient (Wildman–Crippen LogP) is 3.44. The Morgan fingerprint density at radius 3 is 2.77 bits per heavy atom. The quantitative estimate of drug-likeness (QED) is 0.374. The van der Waals surface area contributed by atoms with Gasteiger partial charge in [-0.1, -0.05) is 25.1 Å². The number of fused-ring (bicyclic) bond motifs is 9. The molecule has 174 valence electrons. The summed E-state index contributed by atoms with van der Waals surface area (Å²) in [6.07, 6.45) is 0.0951. The highest BCUT2D eigenvalue weighted by Gasteiger charge is 2.45. The Kier molecular flexibility index (Phi) is 3.94. The van der Waals surface area contributed by atoms with E-state index in [9.17, 15) is 14.7 Å². The van der Waals surface area contributed by atoms with E-state index >= 15 is 0 Å². The minimum atomic E-state index is -1.86. The fourth-order valence-electron chi connectivity index (χ4n) is 5.66. The first-order valence-electron chi connectivity index (χ1n) is 11.6. The number of cyclic esters (lactones) is 1. The first-order valence-corrected chi connectivity index (χ1v) is 11.6. The maximum absolute atomic E-state index is 13.5. The molecule has 3 aromatic heterocycles. The molecule has 5 aromatic rings. The fraction of sp³-hybridized carbons (Fsp3) is 0.222. The van der Waals surface area contributed by atoms with Gasteiger partial charge in [0.05, 0.1) is 29.0 Å². The van der Waals surface area contributed by atoms with Crippen molar-refractivity contribution in [2.24, 2.45) is 5.73 Å². The maximum Gasteiger partial charge on any atom is 0.343 e. The highest BCUT2D eigenvalue weighted by molar-refractivity contribution is 6.15. The van der Waals surface area contributed by atoms with Gasteiger partial charge in [0.15, 0.2) is 5.60 Å². The van der Waals surface area contributed by atoms with Gasteiger partial charge in [-0.2, -0.15) is 0 Å². The van der Waals surface area contributed by atoms with E-state index < -0.39 is 11.6 Å². The number of pyridine rings is 2. The van der Waals surface area contributed by atoms with Gasteiger partial charge in [-0.15, -0.1) is 0 Å². The van der Waals surface area contributed by atoms with Crippen LogP contribution < -0.4 is 11.3 Å². The zero-order valence-electron chi connectivity index (χ0n) is 18.9. The van der Waals surface area contributed by atoms with Crippen molar-refractivity contribution >= 4 is 38.8 Å². The van der Waals surface area contributed by atoms with E-state index in [4.69, 9.17) is 19.9 Å². The molecule has 2 aliphatic rings. The monoisotopic (exact) mass is 467 g/mol. The van der Waals surface area contributed by atoms with Crippen molar-refractivity contribution in [3.8, 4) is 11.4 Å². The van der Waals surface area contributed by atoms with Crippen molar-refractivity contribution in [2.45, 2.75) is 38.6 Å². The summed E-state index contributed by atoms with van der Waals surface area (Å²) in [5.41, 5.74) is 9.85. The predicted molar refractivity (Wildman–Crippen MR) is 130 cm³/mol. The number of benzene rings is 2. The summed E-state index contributed by atoms with van der Waals surface area (Å²) in [7, 11) is 0. The van der Waals surface area contributed by atoms with Gasteiger partial charge >= 0.3 is 5.97 Å². The molecule has 0 saturated carbocycles. The highest BCUT2D eigenvalue weighted by Crippen LogP contribution is 2.42. The molecule has 0 unspecified atom stereocenters. The van der Waals surface area contributed by atoms with Crippen LogP contribution in [-0.2, 0) is 34.8 Å². The number of aliphatic hydroxyl groups is 1. The van der Waals surface area contributed by atoms with Crippen LogP contribution in [-0.4, -0.2) is 20.6 Å². The number of furan rings is 1. The van der Waals surface area contributed by atoms with Crippen LogP contribution in [0.5, 0.6) is 0 Å². The van der Waals surface area contributed by atoms with Crippen molar-refractivity contribution in [1.82, 2.24) is 9.55 Å². The number of para-hydroxylation sites is 1. The van der Waals surface area contributed by atoms with Crippen molar-refractivity contribution in [3.63, 3.8) is 0 Å². The molecule has 0 bridgehead atoms. The average molecular weight is 467 g/mol. The van der Waals surface area contributed by atoms with Crippen LogP contribution in [0, 0.1) is 0 Å². The molecule has 8 heteroatoms. The second-order valence-corrected chi connectivity index (χ2v) is 9.16. The molecule has 2 aromatic carbocycles. The molecule has 8 nitrogen and oxygen atoms in total. The SMILES string of the molecule is CC[C@@]1(O)C(=O)OCc2c1cc1n(c2=O)Cc2c-1nc1ccc3c4ccccc4oc3c1c2CN. The van der Waals surface area contributed by atoms with Gasteiger partial charge in [-0.3, -0.25) is 4.79 Å². The lowest BCUT2D eigenvalue weighted by Crippen LogP contribution is -2.44. The zero-order valence-corrected chi connectivity index (χ0v) is 18.9. The van der Waals surface area contributed by atoms with Crippen LogP contribution in [0.4, 0.5) is 0 Å². The summed E-state index contributed by atoms with van der Waals surface area (Å²) in [4.78, 5) is 30.8. The number of hydrogen-bond acceptors (Lipinski definition) is 7. The third-order valence-corrected chi connectivity index (χ3v) is 7.51. The van der Waals surface area contributed by atoms with Crippen molar-refractivity contribution in [3.05, 3.63) is 75.1 Å². The van der Waals surface area contributed by atoms with E-state index in [-0.39, 0.29) is 25.1 Å². The smallest absolute Gasteiger partial charge is 0.343 e. The largest absolute Gasteiger partial charge is 0.458 e. The number of rotatable bonds is 2. The molecule has 5 heterocycles. The molecule has 0 radical (unpaired) electrons. The number of hydrogen-bond donors (Lipinski definition) is 2. The van der Waals surface area contributed by atoms with Gasteiger partial charge < -0.3 is 24.6 Å². The van der Waals surface area contributed by atoms with E-state index in [1.165, 1.54) is 0 Å². The zero-order chi connectivity index (χ0) is 24.1. The summed E-state index contributed by atoms with van der Waals surface area (Å²) in [6.45, 7) is 2.05. The number of esters is 1. The van der Waals surface area contributed by atoms with Gasteiger partial charge in [0.25, 0.3) is 5.56 Å². The molecule has 0 fully saturated rings. The summed E-state index contributed by atoms with van der Waals surface area (Å²) in [5, 5.41) is 13.9. The van der Waals surface area contributed by atoms with E-state index in [0.717, 1.165) is 38.5 Å². The van der Waals surface area contributed by atoms with E-state index in [1.54, 1.807) is 17.6 Å². The van der Waals surface area contributed by atoms with Crippen LogP contribution in [0.3, 0.4) is 0 Å². The Bertz CT molecular complexity index is 1820. The van der Waals surface area contributed by atoms with Crippen LogP contribution in [0.25, 0.3) is 44.2 Å². The lowest BCUT2D eigenvalue weighted by Gasteiger charge is -2.31. The Balaban J connectivity index is 1.55. The number of carbonyl (C=O) groups is 1. The first kappa shape index (κ1) is 20.4. The number of nitrogens with zero attached hydrogens (tertiary/aromatic N) is 2. The summed E-state index contributed by atoms with van der Waals surface area (Å²) < 4.78 is 13.0. The van der Waals surface area contributed by atoms with Gasteiger partial charge in [-0.25, -0.2) is 9.78 Å². The maximum atomic E-state index is 13.5. The molecule has 0 spiro atoms. The molecule has 3 N–H and O–H groups in total. The standard InChI is InChI=1S/C27H21N3O5/c1-2-27(33)18-9-20-23-16(11-30(20)25(31)17(18)12-34-26(27)32)15(10-28)22-19(29-23)8-7-14-13-5-3-4-6-21(13)35-24(14)22/h3-9,33H,2,10-12,28H2,1H3/t27-/m0/s1. The van der Waals surface area contributed by atoms with Gasteiger partial charge in [0.1, 0.15) is 17.8 Å². The minimum Gasteiger partial charge on any atom is -0.458 e. The Hall–Kier alpha value is -4.01. The summed E-state index contributed by atoms with van der Waals surface area (Å²) in [5.74, 6) is -0.739. The summed E-state index contributed by atoms with van der Waals surface area (Å²) in [6, 6.07) is 13.5. The molecular formula is C27H21N3O5. The van der Waals surface area contributed by atoms with Crippen molar-refractivity contribution in [1.29, 1.82) is 0 Å². The number of nitrogens with two attached hydrogens (primary N) is 1. The number of carbonyl (C=O) groups excluding carboxylic acids is 1. The van der Waals surface area contributed by atoms with Crippen LogP contribution in [0.2, 0.25) is 0 Å². The Morgan fingerprint density at radius 1 is 1.14 bits per heavy atom. The third kappa shape index (κ3) is 2.45. The number of aromatic nitrogens is 2. The molecule has 1 atom stereocenters. The average Bonchev–Trinajstić information content (AvgIpc) is 3.44. The fourth-order valence-corrected chi connectivity index (χ4v) is 5.66. The minimum absolute atomic E-state index is 0.0951. The highest BCUT2D eigenvalue weighted by atomic mass is 16.6. The van der Waals surface area contributed by atoms with Crippen molar-refractivity contribution < 1.29 is 19.1 Å². The molecule has 0 amide bonds. The number of ether oxygens (including phenoxy) is 1. The van der Waals surface area contributed by atoms with Gasteiger partial charge in [0, 0.05) is 33.8 Å².